The first-order chi connectivity index (χ1) is 17.4. The van der Waals surface area contributed by atoms with Crippen molar-refractivity contribution < 1.29 is 53.8 Å². The molecule has 0 aliphatic heterocycles. The molecule has 0 radical (unpaired) electrons. The van der Waals surface area contributed by atoms with Crippen molar-refractivity contribution in [2.24, 2.45) is 0 Å². The number of aliphatic hydroxyl groups excluding tert-OH is 1. The molecule has 0 aromatic heterocycles. The number of carbonyl (C=O) groups is 1. The summed E-state index contributed by atoms with van der Waals surface area (Å²) < 4.78 is 131. The number of amides is 1. The van der Waals surface area contributed by atoms with Crippen molar-refractivity contribution in [2.75, 3.05) is 0 Å². The number of rotatable bonds is 6. The third-order valence-electron chi connectivity index (χ3n) is 5.50. The molecule has 0 saturated heterocycles. The van der Waals surface area contributed by atoms with Gasteiger partial charge in [0.15, 0.2) is 0 Å². The summed E-state index contributed by atoms with van der Waals surface area (Å²) in [5.74, 6) is -2.10. The Morgan fingerprint density at radius 1 is 0.711 bits per heavy atom. The zero-order valence-electron chi connectivity index (χ0n) is 18.8. The maximum absolute atomic E-state index is 13.3. The highest BCUT2D eigenvalue weighted by atomic mass is 19.4. The van der Waals surface area contributed by atoms with Crippen LogP contribution < -0.4 is 5.32 Å². The fraction of sp³-hybridized carbons (Fsp3) is 0.240. The SMILES string of the molecule is O=C(NC(Cc1ccc(C(F)(F)F)cc1)C(O)c1ccc(F)cc1)c1cc(C(F)(F)F)cc(C(F)(F)F)c1. The third-order valence-corrected chi connectivity index (χ3v) is 5.50. The van der Waals surface area contributed by atoms with Crippen LogP contribution in [0.25, 0.3) is 0 Å². The van der Waals surface area contributed by atoms with Crippen LogP contribution >= 0.6 is 0 Å². The van der Waals surface area contributed by atoms with Gasteiger partial charge in [0.2, 0.25) is 0 Å². The quantitative estimate of drug-likeness (QED) is 0.325. The average Bonchev–Trinajstić information content (AvgIpc) is 2.82. The van der Waals surface area contributed by atoms with Crippen molar-refractivity contribution in [1.29, 1.82) is 0 Å². The lowest BCUT2D eigenvalue weighted by Crippen LogP contribution is -2.41. The van der Waals surface area contributed by atoms with Crippen molar-refractivity contribution >= 4 is 5.91 Å². The Kier molecular flexibility index (Phi) is 8.10. The van der Waals surface area contributed by atoms with Gasteiger partial charge in [0.1, 0.15) is 5.82 Å². The Morgan fingerprint density at radius 3 is 1.63 bits per heavy atom. The molecule has 3 aromatic rings. The van der Waals surface area contributed by atoms with E-state index in [1.807, 2.05) is 0 Å². The van der Waals surface area contributed by atoms with E-state index in [2.05, 4.69) is 5.32 Å². The molecule has 0 saturated carbocycles. The second-order valence-electron chi connectivity index (χ2n) is 8.27. The summed E-state index contributed by atoms with van der Waals surface area (Å²) in [5, 5.41) is 13.0. The first-order valence-electron chi connectivity index (χ1n) is 10.6. The Balaban J connectivity index is 1.98. The summed E-state index contributed by atoms with van der Waals surface area (Å²) in [7, 11) is 0. The minimum absolute atomic E-state index is 0.0173. The Morgan fingerprint density at radius 2 is 1.18 bits per heavy atom. The van der Waals surface area contributed by atoms with Gasteiger partial charge in [0.05, 0.1) is 28.8 Å². The maximum Gasteiger partial charge on any atom is 0.416 e. The molecule has 3 nitrogen and oxygen atoms in total. The molecule has 1 amide bonds. The van der Waals surface area contributed by atoms with E-state index in [4.69, 9.17) is 0 Å². The molecule has 0 spiro atoms. The van der Waals surface area contributed by atoms with Gasteiger partial charge in [-0.25, -0.2) is 4.39 Å². The molecular formula is C25H17F10NO2. The lowest BCUT2D eigenvalue weighted by molar-refractivity contribution is -0.143. The maximum atomic E-state index is 13.3. The summed E-state index contributed by atoms with van der Waals surface area (Å²) in [6.07, 6.45) is -17.1. The van der Waals surface area contributed by atoms with Crippen LogP contribution in [0.3, 0.4) is 0 Å². The van der Waals surface area contributed by atoms with Crippen molar-refractivity contribution in [3.63, 3.8) is 0 Å². The molecule has 0 bridgehead atoms. The van der Waals surface area contributed by atoms with Crippen molar-refractivity contribution in [2.45, 2.75) is 37.1 Å². The first-order valence-corrected chi connectivity index (χ1v) is 10.6. The molecule has 0 aliphatic carbocycles. The summed E-state index contributed by atoms with van der Waals surface area (Å²) in [6, 6.07) is 6.45. The molecule has 2 N–H and O–H groups in total. The van der Waals surface area contributed by atoms with Crippen LogP contribution in [0.1, 0.15) is 44.3 Å². The Bertz CT molecular complexity index is 1230. The summed E-state index contributed by atoms with van der Waals surface area (Å²) in [5.41, 5.74) is -5.33. The minimum Gasteiger partial charge on any atom is -0.386 e. The lowest BCUT2D eigenvalue weighted by Gasteiger charge is -2.25. The predicted molar refractivity (Wildman–Crippen MR) is 114 cm³/mol. The number of nitrogens with one attached hydrogen (secondary N) is 1. The molecule has 2 unspecified atom stereocenters. The van der Waals surface area contributed by atoms with E-state index in [9.17, 15) is 53.8 Å². The molecule has 3 aromatic carbocycles. The van der Waals surface area contributed by atoms with Gasteiger partial charge in [-0.1, -0.05) is 24.3 Å². The molecule has 38 heavy (non-hydrogen) atoms. The van der Waals surface area contributed by atoms with Crippen LogP contribution in [0, 0.1) is 5.82 Å². The van der Waals surface area contributed by atoms with Crippen molar-refractivity contribution in [3.05, 3.63) is 106 Å². The number of hydrogen-bond donors (Lipinski definition) is 2. The average molecular weight is 553 g/mol. The predicted octanol–water partition coefficient (Wildman–Crippen LogP) is 6.96. The van der Waals surface area contributed by atoms with E-state index in [1.54, 1.807) is 0 Å². The fourth-order valence-corrected chi connectivity index (χ4v) is 3.56. The molecule has 204 valence electrons. The largest absolute Gasteiger partial charge is 0.416 e. The molecule has 0 fully saturated rings. The van der Waals surface area contributed by atoms with Gasteiger partial charge in [-0.2, -0.15) is 39.5 Å². The summed E-state index contributed by atoms with van der Waals surface area (Å²) >= 11 is 0. The number of alkyl halides is 9. The second-order valence-corrected chi connectivity index (χ2v) is 8.27. The zero-order valence-corrected chi connectivity index (χ0v) is 18.8. The minimum atomic E-state index is -5.22. The Labute approximate surface area is 208 Å². The lowest BCUT2D eigenvalue weighted by atomic mass is 9.95. The van der Waals surface area contributed by atoms with Crippen LogP contribution in [0.15, 0.2) is 66.7 Å². The normalized spacial score (nSPS) is 14.2. The highest BCUT2D eigenvalue weighted by molar-refractivity contribution is 5.95. The molecule has 0 heterocycles. The standard InChI is InChI=1S/C25H17F10NO2/c26-19-7-3-14(4-8-19)21(37)20(9-13-1-5-16(6-2-13)23(27,28)29)36-22(38)15-10-17(24(30,31)32)12-18(11-15)25(33,34)35/h1-8,10-12,20-21,37H,9H2,(H,36,38). The van der Waals surface area contributed by atoms with Gasteiger partial charge in [-0.15, -0.1) is 0 Å². The molecule has 13 heteroatoms. The number of aliphatic hydroxyl groups is 1. The summed E-state index contributed by atoms with van der Waals surface area (Å²) in [4.78, 5) is 12.8. The van der Waals surface area contributed by atoms with Crippen LogP contribution in [-0.4, -0.2) is 17.1 Å². The zero-order chi connectivity index (χ0) is 28.5. The molecular weight excluding hydrogens is 536 g/mol. The van der Waals surface area contributed by atoms with E-state index in [1.165, 1.54) is 0 Å². The van der Waals surface area contributed by atoms with Gasteiger partial charge in [0, 0.05) is 5.56 Å². The van der Waals surface area contributed by atoms with Crippen molar-refractivity contribution in [1.82, 2.24) is 5.32 Å². The van der Waals surface area contributed by atoms with Crippen LogP contribution in [0.4, 0.5) is 43.9 Å². The van der Waals surface area contributed by atoms with Gasteiger partial charge in [-0.05, 0) is 60.0 Å². The highest BCUT2D eigenvalue weighted by Gasteiger charge is 2.38. The van der Waals surface area contributed by atoms with Gasteiger partial charge >= 0.3 is 18.5 Å². The second kappa shape index (κ2) is 10.6. The third kappa shape index (κ3) is 7.24. The van der Waals surface area contributed by atoms with Gasteiger partial charge in [-0.3, -0.25) is 4.79 Å². The van der Waals surface area contributed by atoms with Gasteiger partial charge in [0.25, 0.3) is 5.91 Å². The van der Waals surface area contributed by atoms with E-state index >= 15 is 0 Å². The highest BCUT2D eigenvalue weighted by Crippen LogP contribution is 2.36. The monoisotopic (exact) mass is 553 g/mol. The number of carbonyl (C=O) groups excluding carboxylic acids is 1. The fourth-order valence-electron chi connectivity index (χ4n) is 3.56. The van der Waals surface area contributed by atoms with Crippen molar-refractivity contribution in [3.8, 4) is 0 Å². The Hall–Kier alpha value is -3.61. The first kappa shape index (κ1) is 29.0. The molecule has 2 atom stereocenters. The van der Waals surface area contributed by atoms with Crippen LogP contribution in [-0.2, 0) is 24.9 Å². The number of hydrogen-bond acceptors (Lipinski definition) is 2. The van der Waals surface area contributed by atoms with Gasteiger partial charge < -0.3 is 10.4 Å². The topological polar surface area (TPSA) is 49.3 Å². The smallest absolute Gasteiger partial charge is 0.386 e. The van der Waals surface area contributed by atoms with E-state index in [0.717, 1.165) is 48.5 Å². The van der Waals surface area contributed by atoms with E-state index in [0.29, 0.717) is 0 Å². The van der Waals surface area contributed by atoms with E-state index in [-0.39, 0.29) is 35.7 Å². The molecule has 3 rings (SSSR count). The number of benzene rings is 3. The number of halogens is 10. The van der Waals surface area contributed by atoms with Crippen LogP contribution in [0.5, 0.6) is 0 Å². The van der Waals surface area contributed by atoms with E-state index < -0.39 is 64.7 Å². The van der Waals surface area contributed by atoms with Crippen LogP contribution in [0.2, 0.25) is 0 Å². The molecule has 0 aliphatic rings. The summed E-state index contributed by atoms with van der Waals surface area (Å²) in [6.45, 7) is 0.